The molecule has 5 atom stereocenters. The zero-order valence-corrected chi connectivity index (χ0v) is 10.8. The fourth-order valence-corrected chi connectivity index (χ4v) is 4.15. The first kappa shape index (κ1) is 12.0. The molecule has 98 valence electrons. The van der Waals surface area contributed by atoms with Gasteiger partial charge in [-0.3, -0.25) is 0 Å². The molecule has 2 saturated carbocycles. The van der Waals surface area contributed by atoms with Gasteiger partial charge in [0, 0.05) is 22.8 Å². The second-order valence-electron chi connectivity index (χ2n) is 6.24. The first-order chi connectivity index (χ1) is 8.45. The molecule has 3 rings (SSSR count). The van der Waals surface area contributed by atoms with Crippen molar-refractivity contribution in [2.45, 2.75) is 44.8 Å². The number of esters is 1. The van der Waals surface area contributed by atoms with Crippen LogP contribution in [0.2, 0.25) is 0 Å². The van der Waals surface area contributed by atoms with Gasteiger partial charge in [0.1, 0.15) is 6.10 Å². The quantitative estimate of drug-likeness (QED) is 0.406. The molecule has 3 nitrogen and oxygen atoms in total. The van der Waals surface area contributed by atoms with Crippen LogP contribution in [0.25, 0.3) is 0 Å². The zero-order chi connectivity index (χ0) is 13.1. The number of fused-ring (bicyclic) bond motifs is 3. The lowest BCUT2D eigenvalue weighted by molar-refractivity contribution is -0.150. The van der Waals surface area contributed by atoms with Crippen LogP contribution in [0.5, 0.6) is 0 Å². The molecule has 0 spiro atoms. The van der Waals surface area contributed by atoms with Crippen molar-refractivity contribution in [2.24, 2.45) is 17.3 Å². The molecule has 3 aliphatic rings. The summed E-state index contributed by atoms with van der Waals surface area (Å²) in [5, 5.41) is 10.3. The van der Waals surface area contributed by atoms with E-state index in [1.54, 1.807) is 0 Å². The maximum Gasteiger partial charge on any atom is 0.334 e. The number of carbonyl (C=O) groups excluding carboxylic acids is 1. The summed E-state index contributed by atoms with van der Waals surface area (Å²) in [5.74, 6) is -0.0528. The lowest BCUT2D eigenvalue weighted by atomic mass is 9.54. The number of rotatable bonds is 0. The third-order valence-corrected chi connectivity index (χ3v) is 5.32. The van der Waals surface area contributed by atoms with E-state index in [1.165, 1.54) is 0 Å². The van der Waals surface area contributed by atoms with Gasteiger partial charge in [0.25, 0.3) is 0 Å². The van der Waals surface area contributed by atoms with Gasteiger partial charge >= 0.3 is 5.97 Å². The second kappa shape index (κ2) is 3.70. The summed E-state index contributed by atoms with van der Waals surface area (Å²) in [4.78, 5) is 11.7. The summed E-state index contributed by atoms with van der Waals surface area (Å²) in [6.07, 6.45) is 2.93. The molecule has 2 aliphatic carbocycles. The molecule has 18 heavy (non-hydrogen) atoms. The fraction of sp³-hybridized carbons (Fsp3) is 0.667. The molecular formula is C15H20O3. The summed E-state index contributed by atoms with van der Waals surface area (Å²) in [6.45, 7) is 10.1. The summed E-state index contributed by atoms with van der Waals surface area (Å²) in [5.41, 5.74) is 1.54. The van der Waals surface area contributed by atoms with E-state index in [0.717, 1.165) is 31.3 Å². The van der Waals surface area contributed by atoms with Crippen LogP contribution in [-0.2, 0) is 9.53 Å². The van der Waals surface area contributed by atoms with Gasteiger partial charge in [0.15, 0.2) is 0 Å². The Morgan fingerprint density at radius 3 is 2.83 bits per heavy atom. The molecule has 0 bridgehead atoms. The molecule has 0 aromatic heterocycles. The number of hydrogen-bond acceptors (Lipinski definition) is 3. The smallest absolute Gasteiger partial charge is 0.334 e. The summed E-state index contributed by atoms with van der Waals surface area (Å²) in [7, 11) is 0. The highest BCUT2D eigenvalue weighted by atomic mass is 16.6. The first-order valence-electron chi connectivity index (χ1n) is 6.70. The van der Waals surface area contributed by atoms with Gasteiger partial charge in [-0.25, -0.2) is 4.79 Å². The monoisotopic (exact) mass is 248 g/mol. The van der Waals surface area contributed by atoms with E-state index in [1.807, 2.05) is 0 Å². The van der Waals surface area contributed by atoms with Crippen molar-refractivity contribution in [3.63, 3.8) is 0 Å². The Kier molecular flexibility index (Phi) is 2.46. The zero-order valence-electron chi connectivity index (χ0n) is 10.8. The summed E-state index contributed by atoms with van der Waals surface area (Å²) in [6, 6.07) is 0. The van der Waals surface area contributed by atoms with Gasteiger partial charge in [0.2, 0.25) is 0 Å². The molecule has 1 saturated heterocycles. The molecule has 1 heterocycles. The Bertz CT molecular complexity index is 439. The fourth-order valence-electron chi connectivity index (χ4n) is 4.15. The largest absolute Gasteiger partial charge is 0.458 e. The number of carbonyl (C=O) groups is 1. The number of aliphatic hydroxyl groups is 1. The van der Waals surface area contributed by atoms with Gasteiger partial charge < -0.3 is 9.84 Å². The maximum atomic E-state index is 11.7. The number of aliphatic hydroxyl groups excluding tert-OH is 1. The van der Waals surface area contributed by atoms with E-state index in [2.05, 4.69) is 20.1 Å². The Balaban J connectivity index is 2.00. The third-order valence-electron chi connectivity index (χ3n) is 5.32. The molecular weight excluding hydrogens is 228 g/mol. The van der Waals surface area contributed by atoms with Gasteiger partial charge in [-0.1, -0.05) is 25.7 Å². The van der Waals surface area contributed by atoms with Crippen LogP contribution in [0.3, 0.4) is 0 Å². The van der Waals surface area contributed by atoms with E-state index in [0.29, 0.717) is 5.57 Å². The standard InChI is InChI=1S/C15H20O3/c1-8-4-5-11(16)15(3)7-6-10-9(2)14(17)18-13(10)12(8)15/h10-13,16H,1-2,4-7H2,3H3/t10-,11-,12-,13+,15+/m1/s1. The van der Waals surface area contributed by atoms with E-state index >= 15 is 0 Å². The minimum absolute atomic E-state index is 0.0863. The molecule has 0 amide bonds. The van der Waals surface area contributed by atoms with Crippen molar-refractivity contribution in [1.82, 2.24) is 0 Å². The van der Waals surface area contributed by atoms with Gasteiger partial charge in [-0.15, -0.1) is 0 Å². The van der Waals surface area contributed by atoms with Gasteiger partial charge in [-0.2, -0.15) is 0 Å². The van der Waals surface area contributed by atoms with Crippen LogP contribution < -0.4 is 0 Å². The van der Waals surface area contributed by atoms with Crippen LogP contribution in [0, 0.1) is 17.3 Å². The van der Waals surface area contributed by atoms with Crippen molar-refractivity contribution < 1.29 is 14.6 Å². The lowest BCUT2D eigenvalue weighted by Gasteiger charge is -2.52. The Hall–Kier alpha value is -1.09. The third kappa shape index (κ3) is 1.37. The Morgan fingerprint density at radius 1 is 1.39 bits per heavy atom. The molecule has 0 aromatic carbocycles. The first-order valence-corrected chi connectivity index (χ1v) is 6.70. The normalized spacial score (nSPS) is 47.6. The highest BCUT2D eigenvalue weighted by Gasteiger charge is 2.57. The molecule has 3 heteroatoms. The minimum atomic E-state index is -0.318. The summed E-state index contributed by atoms with van der Waals surface area (Å²) >= 11 is 0. The van der Waals surface area contributed by atoms with Crippen molar-refractivity contribution >= 4 is 5.97 Å². The SMILES string of the molecule is C=C1C(=O)O[C@H]2[C@@H]1CC[C@@]1(C)[C@H](O)CCC(=C)[C@H]21. The molecule has 3 fully saturated rings. The van der Waals surface area contributed by atoms with Gasteiger partial charge in [0.05, 0.1) is 6.10 Å². The summed E-state index contributed by atoms with van der Waals surface area (Å²) < 4.78 is 5.52. The highest BCUT2D eigenvalue weighted by molar-refractivity contribution is 5.91. The van der Waals surface area contributed by atoms with Crippen molar-refractivity contribution in [3.8, 4) is 0 Å². The number of ether oxygens (including phenoxy) is 1. The van der Waals surface area contributed by atoms with Crippen LogP contribution in [0.4, 0.5) is 0 Å². The highest BCUT2D eigenvalue weighted by Crippen LogP contribution is 2.57. The number of hydrogen-bond donors (Lipinski definition) is 1. The average Bonchev–Trinajstić information content (AvgIpc) is 2.60. The predicted molar refractivity (Wildman–Crippen MR) is 67.7 cm³/mol. The molecule has 0 radical (unpaired) electrons. The van der Waals surface area contributed by atoms with Gasteiger partial charge in [-0.05, 0) is 25.7 Å². The van der Waals surface area contributed by atoms with Crippen molar-refractivity contribution in [1.29, 1.82) is 0 Å². The predicted octanol–water partition coefficient (Wildman–Crippen LogP) is 2.21. The average molecular weight is 248 g/mol. The van der Waals surface area contributed by atoms with E-state index < -0.39 is 0 Å². The Labute approximate surface area is 108 Å². The topological polar surface area (TPSA) is 46.5 Å². The molecule has 0 unspecified atom stereocenters. The van der Waals surface area contributed by atoms with E-state index in [4.69, 9.17) is 4.74 Å². The molecule has 1 aliphatic heterocycles. The van der Waals surface area contributed by atoms with E-state index in [9.17, 15) is 9.90 Å². The maximum absolute atomic E-state index is 11.7. The molecule has 1 N–H and O–H groups in total. The van der Waals surface area contributed by atoms with Crippen LogP contribution in [0.1, 0.15) is 32.6 Å². The molecule has 0 aromatic rings. The van der Waals surface area contributed by atoms with Crippen LogP contribution >= 0.6 is 0 Å². The van der Waals surface area contributed by atoms with E-state index in [-0.39, 0.29) is 35.4 Å². The van der Waals surface area contributed by atoms with Crippen LogP contribution in [0.15, 0.2) is 24.3 Å². The van der Waals surface area contributed by atoms with Crippen LogP contribution in [-0.4, -0.2) is 23.3 Å². The Morgan fingerprint density at radius 2 is 2.11 bits per heavy atom. The minimum Gasteiger partial charge on any atom is -0.458 e. The van der Waals surface area contributed by atoms with Crippen molar-refractivity contribution in [2.75, 3.05) is 0 Å². The van der Waals surface area contributed by atoms with Crippen molar-refractivity contribution in [3.05, 3.63) is 24.3 Å². The lowest BCUT2D eigenvalue weighted by Crippen LogP contribution is -2.53. The second-order valence-corrected chi connectivity index (χ2v) is 6.24.